The lowest BCUT2D eigenvalue weighted by Crippen LogP contribution is -2.36. The van der Waals surface area contributed by atoms with Crippen LogP contribution in [0.3, 0.4) is 0 Å². The maximum atomic E-state index is 14.3. The minimum Gasteiger partial charge on any atom is -0.506 e. The second-order valence-electron chi connectivity index (χ2n) is 5.78. The number of carbonyl (C=O) groups is 1. The van der Waals surface area contributed by atoms with E-state index in [0.717, 1.165) is 25.5 Å². The first-order valence-electron chi connectivity index (χ1n) is 7.52. The Morgan fingerprint density at radius 1 is 1.46 bits per heavy atom. The third-order valence-electron chi connectivity index (χ3n) is 3.93. The summed E-state index contributed by atoms with van der Waals surface area (Å²) in [5.74, 6) is -2.23. The van der Waals surface area contributed by atoms with Crippen LogP contribution in [0.4, 0.5) is 10.1 Å². The van der Waals surface area contributed by atoms with Crippen molar-refractivity contribution in [2.45, 2.75) is 25.4 Å². The SMILES string of the molecule is O=C1CN(c2c(O)cc(CN[C@@H]3CCCOC3)cc2F)S(=O)(=O)N1. The standard InChI is InChI=1S/C14H18FN3O5S/c15-11-4-9(6-16-10-2-1-3-23-8-10)5-12(19)14(11)18-7-13(20)17-24(18,21)22/h4-5,10,16,19H,1-3,6-8H2,(H,17,20)/t10-/m1/s1. The zero-order chi connectivity index (χ0) is 17.3. The number of nitrogens with one attached hydrogen (secondary N) is 2. The van der Waals surface area contributed by atoms with Gasteiger partial charge < -0.3 is 15.2 Å². The predicted molar refractivity (Wildman–Crippen MR) is 83.2 cm³/mol. The molecular formula is C14H18FN3O5S. The molecule has 0 radical (unpaired) electrons. The Balaban J connectivity index is 1.77. The van der Waals surface area contributed by atoms with Gasteiger partial charge in [-0.25, -0.2) is 13.4 Å². The van der Waals surface area contributed by atoms with Crippen LogP contribution >= 0.6 is 0 Å². The van der Waals surface area contributed by atoms with Crippen LogP contribution in [-0.2, 0) is 26.3 Å². The summed E-state index contributed by atoms with van der Waals surface area (Å²) >= 11 is 0. The van der Waals surface area contributed by atoms with Gasteiger partial charge in [0.1, 0.15) is 18.0 Å². The number of ether oxygens (including phenoxy) is 1. The summed E-state index contributed by atoms with van der Waals surface area (Å²) in [4.78, 5) is 11.3. The molecule has 2 aliphatic heterocycles. The average molecular weight is 359 g/mol. The van der Waals surface area contributed by atoms with Crippen molar-refractivity contribution in [1.29, 1.82) is 0 Å². The number of rotatable bonds is 4. The van der Waals surface area contributed by atoms with Gasteiger partial charge in [0, 0.05) is 19.2 Å². The molecule has 1 amide bonds. The van der Waals surface area contributed by atoms with Crippen LogP contribution < -0.4 is 14.3 Å². The normalized spacial score (nSPS) is 23.3. The number of hydrogen-bond acceptors (Lipinski definition) is 6. The van der Waals surface area contributed by atoms with Gasteiger partial charge in [0.2, 0.25) is 0 Å². The lowest BCUT2D eigenvalue weighted by atomic mass is 10.1. The maximum Gasteiger partial charge on any atom is 0.326 e. The highest BCUT2D eigenvalue weighted by molar-refractivity contribution is 7.92. The minimum absolute atomic E-state index is 0.157. The van der Waals surface area contributed by atoms with Crippen molar-refractivity contribution < 1.29 is 27.4 Å². The van der Waals surface area contributed by atoms with E-state index in [4.69, 9.17) is 4.74 Å². The van der Waals surface area contributed by atoms with Crippen LogP contribution in [-0.4, -0.2) is 45.2 Å². The predicted octanol–water partition coefficient (Wildman–Crippen LogP) is -0.0191. The van der Waals surface area contributed by atoms with Crippen molar-refractivity contribution in [2.24, 2.45) is 0 Å². The molecule has 3 N–H and O–H groups in total. The molecule has 132 valence electrons. The lowest BCUT2D eigenvalue weighted by molar-refractivity contribution is -0.117. The third kappa shape index (κ3) is 3.45. The van der Waals surface area contributed by atoms with Crippen LogP contribution in [0.15, 0.2) is 12.1 Å². The topological polar surface area (TPSA) is 108 Å². The van der Waals surface area contributed by atoms with E-state index in [2.05, 4.69) is 5.32 Å². The van der Waals surface area contributed by atoms with Gasteiger partial charge in [-0.05, 0) is 30.5 Å². The molecule has 0 unspecified atom stereocenters. The van der Waals surface area contributed by atoms with Gasteiger partial charge in [0.15, 0.2) is 5.82 Å². The smallest absolute Gasteiger partial charge is 0.326 e. The zero-order valence-electron chi connectivity index (χ0n) is 12.8. The number of benzene rings is 1. The van der Waals surface area contributed by atoms with Gasteiger partial charge in [-0.1, -0.05) is 0 Å². The zero-order valence-corrected chi connectivity index (χ0v) is 13.6. The molecule has 3 rings (SSSR count). The van der Waals surface area contributed by atoms with Gasteiger partial charge in [-0.2, -0.15) is 8.42 Å². The summed E-state index contributed by atoms with van der Waals surface area (Å²) in [6.45, 7) is 1.05. The Bertz CT molecular complexity index is 726. The Labute approximate surface area is 138 Å². The average Bonchev–Trinajstić information content (AvgIpc) is 2.78. The second kappa shape index (κ2) is 6.54. The van der Waals surface area contributed by atoms with Gasteiger partial charge in [0.05, 0.1) is 6.61 Å². The molecule has 24 heavy (non-hydrogen) atoms. The van der Waals surface area contributed by atoms with Gasteiger partial charge >= 0.3 is 10.2 Å². The maximum absolute atomic E-state index is 14.3. The number of phenols is 1. The molecule has 1 aromatic rings. The number of halogens is 1. The van der Waals surface area contributed by atoms with Crippen LogP contribution in [0.5, 0.6) is 5.75 Å². The first kappa shape index (κ1) is 16.9. The third-order valence-corrected chi connectivity index (χ3v) is 5.31. The molecule has 0 aromatic heterocycles. The Hall–Kier alpha value is -1.91. The number of hydrogen-bond donors (Lipinski definition) is 3. The van der Waals surface area contributed by atoms with Gasteiger partial charge in [-0.3, -0.25) is 4.79 Å². The van der Waals surface area contributed by atoms with Gasteiger partial charge in [0.25, 0.3) is 5.91 Å². The van der Waals surface area contributed by atoms with Crippen molar-refractivity contribution in [2.75, 3.05) is 24.1 Å². The molecule has 10 heteroatoms. The van der Waals surface area contributed by atoms with Crippen molar-refractivity contribution >= 4 is 21.8 Å². The second-order valence-corrected chi connectivity index (χ2v) is 7.37. The highest BCUT2D eigenvalue weighted by atomic mass is 32.2. The number of nitrogens with zero attached hydrogens (tertiary/aromatic N) is 1. The first-order chi connectivity index (χ1) is 11.4. The molecule has 8 nitrogen and oxygen atoms in total. The van der Waals surface area contributed by atoms with Crippen LogP contribution in [0, 0.1) is 5.82 Å². The summed E-state index contributed by atoms with van der Waals surface area (Å²) in [7, 11) is -4.17. The summed E-state index contributed by atoms with van der Waals surface area (Å²) < 4.78 is 45.5. The summed E-state index contributed by atoms with van der Waals surface area (Å²) in [6, 6.07) is 2.58. The van der Waals surface area contributed by atoms with E-state index in [9.17, 15) is 22.7 Å². The number of aromatic hydroxyl groups is 1. The van der Waals surface area contributed by atoms with E-state index in [1.165, 1.54) is 6.07 Å². The van der Waals surface area contributed by atoms with E-state index >= 15 is 0 Å². The monoisotopic (exact) mass is 359 g/mol. The molecule has 1 aromatic carbocycles. The van der Waals surface area contributed by atoms with Crippen LogP contribution in [0.1, 0.15) is 18.4 Å². The van der Waals surface area contributed by atoms with E-state index in [-0.39, 0.29) is 6.04 Å². The molecule has 1 atom stereocenters. The van der Waals surface area contributed by atoms with E-state index in [0.29, 0.717) is 23.0 Å². The molecule has 2 fully saturated rings. The Morgan fingerprint density at radius 3 is 2.83 bits per heavy atom. The van der Waals surface area contributed by atoms with Crippen molar-refractivity contribution in [1.82, 2.24) is 10.0 Å². The summed E-state index contributed by atoms with van der Waals surface area (Å²) in [6.07, 6.45) is 1.90. The Kier molecular flexibility index (Phi) is 4.61. The van der Waals surface area contributed by atoms with E-state index < -0.39 is 39.9 Å². The first-order valence-corrected chi connectivity index (χ1v) is 8.96. The molecule has 0 saturated carbocycles. The molecule has 0 spiro atoms. The molecule has 0 aliphatic carbocycles. The molecular weight excluding hydrogens is 341 g/mol. The molecule has 2 heterocycles. The Morgan fingerprint density at radius 2 is 2.25 bits per heavy atom. The van der Waals surface area contributed by atoms with E-state index in [1.807, 2.05) is 0 Å². The minimum atomic E-state index is -4.17. The van der Waals surface area contributed by atoms with Gasteiger partial charge in [-0.15, -0.1) is 0 Å². The fraction of sp³-hybridized carbons (Fsp3) is 0.500. The number of phenolic OH excluding ortho intramolecular Hbond substituents is 1. The van der Waals surface area contributed by atoms with Crippen LogP contribution in [0.25, 0.3) is 0 Å². The molecule has 2 aliphatic rings. The quantitative estimate of drug-likeness (QED) is 0.697. The summed E-state index contributed by atoms with van der Waals surface area (Å²) in [5, 5.41) is 13.3. The lowest BCUT2D eigenvalue weighted by Gasteiger charge is -2.23. The molecule has 2 saturated heterocycles. The van der Waals surface area contributed by atoms with Crippen molar-refractivity contribution in [3.05, 3.63) is 23.5 Å². The highest BCUT2D eigenvalue weighted by Gasteiger charge is 2.37. The fourth-order valence-electron chi connectivity index (χ4n) is 2.80. The summed E-state index contributed by atoms with van der Waals surface area (Å²) in [5.41, 5.74) is -0.0618. The number of carbonyl (C=O) groups excluding carboxylic acids is 1. The number of anilines is 1. The van der Waals surface area contributed by atoms with Crippen LogP contribution in [0.2, 0.25) is 0 Å². The van der Waals surface area contributed by atoms with Crippen molar-refractivity contribution in [3.63, 3.8) is 0 Å². The fourth-order valence-corrected chi connectivity index (χ4v) is 3.97. The van der Waals surface area contributed by atoms with E-state index in [1.54, 1.807) is 4.72 Å². The van der Waals surface area contributed by atoms with Crippen molar-refractivity contribution in [3.8, 4) is 5.75 Å². The molecule has 0 bridgehead atoms. The number of amides is 1. The largest absolute Gasteiger partial charge is 0.506 e. The highest BCUT2D eigenvalue weighted by Crippen LogP contribution is 2.34.